The van der Waals surface area contributed by atoms with Gasteiger partial charge in [0.15, 0.2) is 5.13 Å². The van der Waals surface area contributed by atoms with Crippen molar-refractivity contribution in [1.29, 1.82) is 0 Å². The molecule has 1 heterocycles. The Bertz CT molecular complexity index is 482. The van der Waals surface area contributed by atoms with Gasteiger partial charge in [-0.1, -0.05) is 33.1 Å². The van der Waals surface area contributed by atoms with Gasteiger partial charge in [0.05, 0.1) is 0 Å². The average Bonchev–Trinajstić information content (AvgIpc) is 2.97. The number of thiazole rings is 1. The summed E-state index contributed by atoms with van der Waals surface area (Å²) in [7, 11) is 0. The van der Waals surface area contributed by atoms with E-state index in [9.17, 15) is 9.59 Å². The van der Waals surface area contributed by atoms with Gasteiger partial charge in [-0.15, -0.1) is 11.3 Å². The van der Waals surface area contributed by atoms with E-state index >= 15 is 0 Å². The predicted octanol–water partition coefficient (Wildman–Crippen LogP) is 3.29. The Kier molecular flexibility index (Phi) is 6.36. The Morgan fingerprint density at radius 2 is 2.09 bits per heavy atom. The van der Waals surface area contributed by atoms with E-state index in [4.69, 9.17) is 0 Å². The first-order valence-electron chi connectivity index (χ1n) is 8.05. The summed E-state index contributed by atoms with van der Waals surface area (Å²) < 4.78 is 0. The highest BCUT2D eigenvalue weighted by molar-refractivity contribution is 7.13. The van der Waals surface area contributed by atoms with Gasteiger partial charge in [0.2, 0.25) is 11.8 Å². The van der Waals surface area contributed by atoms with Gasteiger partial charge in [-0.05, 0) is 18.8 Å². The van der Waals surface area contributed by atoms with Crippen molar-refractivity contribution in [2.75, 3.05) is 11.9 Å². The van der Waals surface area contributed by atoms with E-state index in [2.05, 4.69) is 10.3 Å². The fraction of sp³-hybridized carbons (Fsp3) is 0.688. The number of hydrogen-bond donors (Lipinski definition) is 1. The smallest absolute Gasteiger partial charge is 0.245 e. The van der Waals surface area contributed by atoms with Crippen LogP contribution in [-0.4, -0.2) is 34.3 Å². The molecule has 0 bridgehead atoms. The molecular formula is C16H25N3O2S. The summed E-state index contributed by atoms with van der Waals surface area (Å²) in [6.45, 7) is 4.20. The molecule has 122 valence electrons. The molecule has 0 aliphatic heterocycles. The van der Waals surface area contributed by atoms with E-state index in [0.717, 1.165) is 25.7 Å². The highest BCUT2D eigenvalue weighted by Crippen LogP contribution is 2.24. The van der Waals surface area contributed by atoms with Crippen LogP contribution in [0.25, 0.3) is 0 Å². The molecule has 1 N–H and O–H groups in total. The van der Waals surface area contributed by atoms with Crippen molar-refractivity contribution in [2.45, 2.75) is 58.4 Å². The van der Waals surface area contributed by atoms with Gasteiger partial charge in [0.25, 0.3) is 0 Å². The number of aromatic nitrogens is 1. The summed E-state index contributed by atoms with van der Waals surface area (Å²) in [4.78, 5) is 30.6. The zero-order chi connectivity index (χ0) is 15.9. The molecule has 0 saturated heterocycles. The summed E-state index contributed by atoms with van der Waals surface area (Å²) in [6, 6.07) is 0.210. The van der Waals surface area contributed by atoms with Crippen LogP contribution >= 0.6 is 11.3 Å². The maximum Gasteiger partial charge on any atom is 0.245 e. The molecule has 1 aromatic rings. The van der Waals surface area contributed by atoms with Crippen molar-refractivity contribution >= 4 is 28.3 Å². The van der Waals surface area contributed by atoms with E-state index < -0.39 is 0 Å². The topological polar surface area (TPSA) is 62.3 Å². The first-order valence-corrected chi connectivity index (χ1v) is 8.93. The van der Waals surface area contributed by atoms with Crippen LogP contribution in [0.3, 0.4) is 0 Å². The van der Waals surface area contributed by atoms with Crippen LogP contribution in [0.4, 0.5) is 5.13 Å². The van der Waals surface area contributed by atoms with Crippen LogP contribution in [-0.2, 0) is 9.59 Å². The van der Waals surface area contributed by atoms with Crippen LogP contribution in [0.1, 0.15) is 52.4 Å². The van der Waals surface area contributed by atoms with Crippen molar-refractivity contribution in [3.8, 4) is 0 Å². The summed E-state index contributed by atoms with van der Waals surface area (Å²) in [5, 5.41) is 5.18. The van der Waals surface area contributed by atoms with Crippen LogP contribution in [0.15, 0.2) is 11.6 Å². The lowest BCUT2D eigenvalue weighted by Gasteiger charge is -2.34. The Morgan fingerprint density at radius 1 is 1.36 bits per heavy atom. The molecule has 0 atom stereocenters. The van der Waals surface area contributed by atoms with E-state index in [1.807, 2.05) is 19.2 Å². The van der Waals surface area contributed by atoms with E-state index in [-0.39, 0.29) is 24.4 Å². The summed E-state index contributed by atoms with van der Waals surface area (Å²) in [5.74, 6) is 0.245. The minimum absolute atomic E-state index is 0.0937. The maximum absolute atomic E-state index is 12.5. The van der Waals surface area contributed by atoms with Crippen molar-refractivity contribution < 1.29 is 9.59 Å². The number of rotatable bonds is 6. The Balaban J connectivity index is 1.99. The monoisotopic (exact) mass is 323 g/mol. The number of nitrogens with zero attached hydrogens (tertiary/aromatic N) is 2. The third-order valence-electron chi connectivity index (χ3n) is 3.91. The zero-order valence-corrected chi connectivity index (χ0v) is 14.2. The molecule has 6 heteroatoms. The van der Waals surface area contributed by atoms with Crippen molar-refractivity contribution in [3.63, 3.8) is 0 Å². The molecule has 0 radical (unpaired) electrons. The van der Waals surface area contributed by atoms with E-state index in [0.29, 0.717) is 17.5 Å². The van der Waals surface area contributed by atoms with Gasteiger partial charge in [-0.25, -0.2) is 4.98 Å². The number of carbonyl (C=O) groups excluding carboxylic acids is 2. The minimum Gasteiger partial charge on any atom is -0.330 e. The zero-order valence-electron chi connectivity index (χ0n) is 13.4. The van der Waals surface area contributed by atoms with Crippen LogP contribution in [0, 0.1) is 5.92 Å². The Labute approximate surface area is 136 Å². The Hall–Kier alpha value is -1.43. The molecule has 1 fully saturated rings. The fourth-order valence-electron chi connectivity index (χ4n) is 2.88. The molecule has 0 aromatic carbocycles. The summed E-state index contributed by atoms with van der Waals surface area (Å²) in [5.41, 5.74) is 0. The normalized spacial score (nSPS) is 15.8. The van der Waals surface area contributed by atoms with Gasteiger partial charge in [0, 0.05) is 24.0 Å². The molecule has 2 amide bonds. The molecule has 1 aliphatic carbocycles. The first-order chi connectivity index (χ1) is 10.6. The molecule has 1 aromatic heterocycles. The maximum atomic E-state index is 12.5. The van der Waals surface area contributed by atoms with Gasteiger partial charge < -0.3 is 10.2 Å². The first kappa shape index (κ1) is 16.9. The molecule has 0 unspecified atom stereocenters. The molecule has 22 heavy (non-hydrogen) atoms. The minimum atomic E-state index is -0.155. The van der Waals surface area contributed by atoms with Crippen molar-refractivity contribution in [3.05, 3.63) is 11.6 Å². The van der Waals surface area contributed by atoms with Gasteiger partial charge in [-0.2, -0.15) is 0 Å². The second-order valence-corrected chi connectivity index (χ2v) is 7.19. The van der Waals surface area contributed by atoms with E-state index in [1.165, 1.54) is 17.8 Å². The lowest BCUT2D eigenvalue weighted by Crippen LogP contribution is -2.46. The van der Waals surface area contributed by atoms with Crippen LogP contribution < -0.4 is 5.32 Å². The highest BCUT2D eigenvalue weighted by atomic mass is 32.1. The van der Waals surface area contributed by atoms with E-state index in [1.54, 1.807) is 11.1 Å². The largest absolute Gasteiger partial charge is 0.330 e. The molecule has 1 aliphatic rings. The quantitative estimate of drug-likeness (QED) is 0.874. The predicted molar refractivity (Wildman–Crippen MR) is 88.8 cm³/mol. The second kappa shape index (κ2) is 8.27. The SMILES string of the molecule is CC(C)CC(=O)N(CC(=O)Nc1nccs1)C1CCCCC1. The molecule has 2 rings (SSSR count). The van der Waals surface area contributed by atoms with Gasteiger partial charge >= 0.3 is 0 Å². The third kappa shape index (κ3) is 5.09. The summed E-state index contributed by atoms with van der Waals surface area (Å²) >= 11 is 1.39. The number of amides is 2. The Morgan fingerprint density at radius 3 is 2.68 bits per heavy atom. The lowest BCUT2D eigenvalue weighted by molar-refractivity contribution is -0.138. The van der Waals surface area contributed by atoms with Gasteiger partial charge in [0.1, 0.15) is 6.54 Å². The van der Waals surface area contributed by atoms with Crippen molar-refractivity contribution in [1.82, 2.24) is 9.88 Å². The summed E-state index contributed by atoms with van der Waals surface area (Å²) in [6.07, 6.45) is 7.69. The number of carbonyl (C=O) groups is 2. The fourth-order valence-corrected chi connectivity index (χ4v) is 3.42. The molecular weight excluding hydrogens is 298 g/mol. The van der Waals surface area contributed by atoms with Crippen LogP contribution in [0.5, 0.6) is 0 Å². The standard InChI is InChI=1S/C16H25N3O2S/c1-12(2)10-15(21)19(13-6-4-3-5-7-13)11-14(20)18-16-17-8-9-22-16/h8-9,12-13H,3-7,10-11H2,1-2H3,(H,17,18,20). The highest BCUT2D eigenvalue weighted by Gasteiger charge is 2.27. The molecule has 5 nitrogen and oxygen atoms in total. The number of anilines is 1. The number of nitrogens with one attached hydrogen (secondary N) is 1. The molecule has 0 spiro atoms. The lowest BCUT2D eigenvalue weighted by atomic mass is 9.93. The average molecular weight is 323 g/mol. The second-order valence-electron chi connectivity index (χ2n) is 6.30. The van der Waals surface area contributed by atoms with Crippen LogP contribution in [0.2, 0.25) is 0 Å². The molecule has 1 saturated carbocycles. The third-order valence-corrected chi connectivity index (χ3v) is 4.60. The van der Waals surface area contributed by atoms with Gasteiger partial charge in [-0.3, -0.25) is 9.59 Å². The number of hydrogen-bond acceptors (Lipinski definition) is 4. The van der Waals surface area contributed by atoms with Crippen molar-refractivity contribution in [2.24, 2.45) is 5.92 Å².